The molecule has 5 nitrogen and oxygen atoms in total. The summed E-state index contributed by atoms with van der Waals surface area (Å²) in [4.78, 5) is 14.0. The van der Waals surface area contributed by atoms with E-state index in [0.29, 0.717) is 6.42 Å². The molecular weight excluding hydrogens is 300 g/mol. The fraction of sp³-hybridized carbons (Fsp3) is 0.368. The molecule has 1 amide bonds. The molecule has 24 heavy (non-hydrogen) atoms. The summed E-state index contributed by atoms with van der Waals surface area (Å²) >= 11 is 0. The summed E-state index contributed by atoms with van der Waals surface area (Å²) in [6, 6.07) is 12.5. The third-order valence-corrected chi connectivity index (χ3v) is 4.63. The van der Waals surface area contributed by atoms with Crippen molar-refractivity contribution in [2.75, 3.05) is 13.6 Å². The Balaban J connectivity index is 1.67. The predicted molar refractivity (Wildman–Crippen MR) is 95.2 cm³/mol. The van der Waals surface area contributed by atoms with Crippen LogP contribution in [0.3, 0.4) is 0 Å². The summed E-state index contributed by atoms with van der Waals surface area (Å²) in [6.45, 7) is 0.774. The lowest BCUT2D eigenvalue weighted by Crippen LogP contribution is -2.49. The zero-order chi connectivity index (χ0) is 16.9. The van der Waals surface area contributed by atoms with Crippen molar-refractivity contribution in [3.05, 3.63) is 59.9 Å². The molecule has 0 saturated carbocycles. The van der Waals surface area contributed by atoms with Gasteiger partial charge in [0.1, 0.15) is 0 Å². The third-order valence-electron chi connectivity index (χ3n) is 4.63. The van der Waals surface area contributed by atoms with Crippen LogP contribution >= 0.6 is 0 Å². The maximum Gasteiger partial charge on any atom is 0.222 e. The van der Waals surface area contributed by atoms with Crippen molar-refractivity contribution in [1.82, 2.24) is 20.0 Å². The van der Waals surface area contributed by atoms with Crippen LogP contribution in [0.1, 0.15) is 30.1 Å². The number of aryl methyl sites for hydroxylation is 1. The van der Waals surface area contributed by atoms with E-state index < -0.39 is 0 Å². The number of nitrogens with zero attached hydrogens (tertiary/aromatic N) is 3. The summed E-state index contributed by atoms with van der Waals surface area (Å²) in [6.07, 6.45) is 7.47. The number of rotatable bonds is 5. The normalized spacial score (nSPS) is 21.6. The quantitative estimate of drug-likeness (QED) is 0.919. The zero-order valence-corrected chi connectivity index (χ0v) is 14.2. The molecule has 0 unspecified atom stereocenters. The molecule has 1 aliphatic heterocycles. The lowest BCUT2D eigenvalue weighted by atomic mass is 9.93. The molecule has 126 valence electrons. The Morgan fingerprint density at radius 3 is 2.75 bits per heavy atom. The second-order valence-electron chi connectivity index (χ2n) is 6.20. The highest BCUT2D eigenvalue weighted by Gasteiger charge is 2.35. The molecule has 1 aromatic carbocycles. The molecule has 0 aliphatic carbocycles. The number of piperidine rings is 1. The maximum absolute atomic E-state index is 12.1. The number of likely N-dealkylation sites (N-methyl/N-ethyl adjacent to an activating group) is 1. The van der Waals surface area contributed by atoms with Crippen LogP contribution in [0.5, 0.6) is 0 Å². The number of hydrogen-bond acceptors (Lipinski definition) is 3. The molecule has 3 rings (SSSR count). The largest absolute Gasteiger partial charge is 0.336 e. The SMILES string of the molecule is CN1C(=O)CC[C@@H](NC/C=C/c2ccccc2)[C@@H]1c1ccnn1C. The van der Waals surface area contributed by atoms with E-state index in [9.17, 15) is 4.79 Å². The molecule has 1 fully saturated rings. The van der Waals surface area contributed by atoms with Gasteiger partial charge < -0.3 is 10.2 Å². The van der Waals surface area contributed by atoms with Gasteiger partial charge in [-0.3, -0.25) is 9.48 Å². The van der Waals surface area contributed by atoms with E-state index in [1.165, 1.54) is 5.56 Å². The molecule has 2 heterocycles. The Hall–Kier alpha value is -2.40. The van der Waals surface area contributed by atoms with Gasteiger partial charge >= 0.3 is 0 Å². The molecule has 5 heteroatoms. The summed E-state index contributed by atoms with van der Waals surface area (Å²) in [5.74, 6) is 0.194. The first kappa shape index (κ1) is 16.5. The first-order valence-corrected chi connectivity index (χ1v) is 8.35. The second kappa shape index (κ2) is 7.45. The van der Waals surface area contributed by atoms with E-state index in [-0.39, 0.29) is 18.0 Å². The van der Waals surface area contributed by atoms with E-state index in [2.05, 4.69) is 34.7 Å². The van der Waals surface area contributed by atoms with Gasteiger partial charge in [-0.05, 0) is 18.1 Å². The van der Waals surface area contributed by atoms with Crippen LogP contribution in [0.15, 0.2) is 48.7 Å². The van der Waals surface area contributed by atoms with Gasteiger partial charge in [0.25, 0.3) is 0 Å². The van der Waals surface area contributed by atoms with Crippen LogP contribution in [0.25, 0.3) is 6.08 Å². The number of carbonyl (C=O) groups is 1. The van der Waals surface area contributed by atoms with Gasteiger partial charge in [-0.1, -0.05) is 42.5 Å². The van der Waals surface area contributed by atoms with Gasteiger partial charge in [0.2, 0.25) is 5.91 Å². The Morgan fingerprint density at radius 2 is 2.04 bits per heavy atom. The molecule has 0 radical (unpaired) electrons. The van der Waals surface area contributed by atoms with E-state index in [1.54, 1.807) is 6.20 Å². The van der Waals surface area contributed by atoms with E-state index in [1.807, 2.05) is 47.9 Å². The summed E-state index contributed by atoms with van der Waals surface area (Å²) in [5.41, 5.74) is 2.26. The molecule has 1 aliphatic rings. The Morgan fingerprint density at radius 1 is 1.25 bits per heavy atom. The molecule has 1 aromatic heterocycles. The Bertz CT molecular complexity index is 707. The molecular formula is C19H24N4O. The number of hydrogen-bond donors (Lipinski definition) is 1. The third kappa shape index (κ3) is 3.57. The van der Waals surface area contributed by atoms with Crippen LogP contribution < -0.4 is 5.32 Å². The van der Waals surface area contributed by atoms with Gasteiger partial charge in [0.05, 0.1) is 11.7 Å². The highest BCUT2D eigenvalue weighted by Crippen LogP contribution is 2.30. The second-order valence-corrected chi connectivity index (χ2v) is 6.20. The van der Waals surface area contributed by atoms with Gasteiger partial charge in [0, 0.05) is 39.3 Å². The Kier molecular flexibility index (Phi) is 5.11. The first-order valence-electron chi connectivity index (χ1n) is 8.35. The monoisotopic (exact) mass is 324 g/mol. The molecule has 1 saturated heterocycles. The molecule has 0 spiro atoms. The average molecular weight is 324 g/mol. The van der Waals surface area contributed by atoms with Gasteiger partial charge in [-0.2, -0.15) is 5.10 Å². The van der Waals surface area contributed by atoms with Crippen LogP contribution in [-0.2, 0) is 11.8 Å². The van der Waals surface area contributed by atoms with Gasteiger partial charge in [-0.15, -0.1) is 0 Å². The first-order chi connectivity index (χ1) is 11.7. The molecule has 0 bridgehead atoms. The number of amides is 1. The predicted octanol–water partition coefficient (Wildman–Crippen LogP) is 2.39. The van der Waals surface area contributed by atoms with Gasteiger partial charge in [-0.25, -0.2) is 0 Å². The van der Waals surface area contributed by atoms with Gasteiger partial charge in [0.15, 0.2) is 0 Å². The number of carbonyl (C=O) groups excluding carboxylic acids is 1. The minimum absolute atomic E-state index is 0.0175. The van der Waals surface area contributed by atoms with Crippen molar-refractivity contribution in [3.63, 3.8) is 0 Å². The summed E-state index contributed by atoms with van der Waals surface area (Å²) < 4.78 is 1.86. The topological polar surface area (TPSA) is 50.2 Å². The van der Waals surface area contributed by atoms with Crippen LogP contribution in [0.4, 0.5) is 0 Å². The molecule has 1 N–H and O–H groups in total. The van der Waals surface area contributed by atoms with Crippen molar-refractivity contribution in [2.45, 2.75) is 24.9 Å². The molecule has 2 aromatic rings. The Labute approximate surface area is 143 Å². The summed E-state index contributed by atoms with van der Waals surface area (Å²) in [7, 11) is 3.81. The lowest BCUT2D eigenvalue weighted by molar-refractivity contribution is -0.136. The number of aromatic nitrogens is 2. The van der Waals surface area contributed by atoms with Crippen molar-refractivity contribution in [3.8, 4) is 0 Å². The van der Waals surface area contributed by atoms with Crippen molar-refractivity contribution >= 4 is 12.0 Å². The average Bonchev–Trinajstić information content (AvgIpc) is 3.01. The van der Waals surface area contributed by atoms with Crippen molar-refractivity contribution < 1.29 is 4.79 Å². The number of nitrogens with one attached hydrogen (secondary N) is 1. The highest BCUT2D eigenvalue weighted by atomic mass is 16.2. The fourth-order valence-corrected chi connectivity index (χ4v) is 3.31. The fourth-order valence-electron chi connectivity index (χ4n) is 3.31. The van der Waals surface area contributed by atoms with E-state index >= 15 is 0 Å². The summed E-state index contributed by atoms with van der Waals surface area (Å²) in [5, 5.41) is 7.85. The molecule has 2 atom stereocenters. The van der Waals surface area contributed by atoms with Crippen LogP contribution in [0, 0.1) is 0 Å². The number of likely N-dealkylation sites (tertiary alicyclic amines) is 1. The maximum atomic E-state index is 12.1. The van der Waals surface area contributed by atoms with E-state index in [4.69, 9.17) is 0 Å². The minimum Gasteiger partial charge on any atom is -0.336 e. The highest BCUT2D eigenvalue weighted by molar-refractivity contribution is 5.77. The lowest BCUT2D eigenvalue weighted by Gasteiger charge is -2.39. The number of benzene rings is 1. The van der Waals surface area contributed by atoms with E-state index in [0.717, 1.165) is 18.7 Å². The standard InChI is InChI=1S/C19H24N4O/c1-22-18(24)11-10-16(19(22)17-12-14-21-23(17)2)20-13-6-9-15-7-4-3-5-8-15/h3-9,12,14,16,19-20H,10-11,13H2,1-2H3/b9-6+/t16-,19-/m1/s1. The minimum atomic E-state index is 0.0175. The van der Waals surface area contributed by atoms with Crippen LogP contribution in [0.2, 0.25) is 0 Å². The van der Waals surface area contributed by atoms with Crippen molar-refractivity contribution in [2.24, 2.45) is 7.05 Å². The smallest absolute Gasteiger partial charge is 0.222 e. The van der Waals surface area contributed by atoms with Crippen LogP contribution in [-0.4, -0.2) is 40.2 Å². The van der Waals surface area contributed by atoms with Crippen molar-refractivity contribution in [1.29, 1.82) is 0 Å². The zero-order valence-electron chi connectivity index (χ0n) is 14.2.